The molecule has 0 unspecified atom stereocenters. The minimum Gasteiger partial charge on any atom is -0.389 e. The Bertz CT molecular complexity index is 4830. The molecular weight excluding hydrogens is 1610 g/mol. The number of anilines is 9. The van der Waals surface area contributed by atoms with Gasteiger partial charge in [0.05, 0.1) is 85.1 Å². The lowest BCUT2D eigenvalue weighted by Gasteiger charge is -2.20. The van der Waals surface area contributed by atoms with E-state index in [1.165, 1.54) is 65.5 Å². The zero-order valence-corrected chi connectivity index (χ0v) is 69.0. The predicted molar refractivity (Wildman–Crippen MR) is 437 cm³/mol. The number of nitrogen functional groups attached to an aromatic ring is 1. The van der Waals surface area contributed by atoms with Gasteiger partial charge in [0.25, 0.3) is 5.91 Å². The Kier molecular flexibility index (Phi) is 45.3. The van der Waals surface area contributed by atoms with E-state index in [0.29, 0.717) is 54.1 Å². The van der Waals surface area contributed by atoms with Crippen LogP contribution in [0.2, 0.25) is 0 Å². The number of benzene rings is 5. The van der Waals surface area contributed by atoms with Gasteiger partial charge in [-0.05, 0) is 196 Å². The number of nitriles is 4. The van der Waals surface area contributed by atoms with Crippen LogP contribution in [0.3, 0.4) is 0 Å². The quantitative estimate of drug-likeness (QED) is 0.00937. The average Bonchev–Trinajstić information content (AvgIpc) is 1.23. The second-order valence-corrected chi connectivity index (χ2v) is 30.1. The van der Waals surface area contributed by atoms with E-state index >= 15 is 4.39 Å². The van der Waals surface area contributed by atoms with E-state index in [0.717, 1.165) is 57.9 Å². The summed E-state index contributed by atoms with van der Waals surface area (Å²) in [5, 5.41) is 65.3. The van der Waals surface area contributed by atoms with Crippen molar-refractivity contribution >= 4 is 119 Å². The van der Waals surface area contributed by atoms with Crippen molar-refractivity contribution in [3.63, 3.8) is 0 Å². The molecule has 5 atom stereocenters. The van der Waals surface area contributed by atoms with Crippen LogP contribution in [0.5, 0.6) is 0 Å². The molecule has 0 fully saturated rings. The first-order valence-electron chi connectivity index (χ1n) is 35.4. The van der Waals surface area contributed by atoms with E-state index in [2.05, 4.69) is 45.0 Å². The molecule has 0 spiro atoms. The van der Waals surface area contributed by atoms with Crippen LogP contribution in [0, 0.1) is 148 Å². The molecule has 24 N–H and O–H groups in total. The summed E-state index contributed by atoms with van der Waals surface area (Å²) >= 11 is 3.64. The third kappa shape index (κ3) is 35.4. The Morgan fingerprint density at radius 1 is 0.390 bits per heavy atom. The van der Waals surface area contributed by atoms with Gasteiger partial charge in [-0.3, -0.25) is 39.3 Å². The Labute approximate surface area is 688 Å². The number of carbonyl (C=O) groups is 6. The number of nitrogens with zero attached hydrogens (tertiary/aromatic N) is 7. The van der Waals surface area contributed by atoms with E-state index in [-0.39, 0.29) is 80.0 Å². The number of halogens is 9. The first-order valence-corrected chi connectivity index (χ1v) is 37.8. The minimum atomic E-state index is -1.61. The lowest BCUT2D eigenvalue weighted by molar-refractivity contribution is -0.176. The molecule has 638 valence electrons. The highest BCUT2D eigenvalue weighted by atomic mass is 32.1. The van der Waals surface area contributed by atoms with Crippen molar-refractivity contribution < 1.29 is 78.8 Å². The highest BCUT2D eigenvalue weighted by Crippen LogP contribution is 2.35. The summed E-state index contributed by atoms with van der Waals surface area (Å²) in [4.78, 5) is 67.8. The predicted octanol–water partition coefficient (Wildman–Crippen LogP) is 13.4. The molecule has 3 heterocycles. The normalized spacial score (nSPS) is 11.5. The summed E-state index contributed by atoms with van der Waals surface area (Å²) in [6.07, 6.45) is 2.36. The number of nitrogens with two attached hydrogens (primary N) is 8. The Hall–Kier alpha value is -12.4. The maximum absolute atomic E-state index is 15.0. The van der Waals surface area contributed by atoms with Crippen molar-refractivity contribution in [3.8, 4) is 24.3 Å². The van der Waals surface area contributed by atoms with Crippen LogP contribution in [-0.4, -0.2) is 89.3 Å². The number of primary amides is 6. The average molecular weight is 1710 g/mol. The molecule has 0 aliphatic rings. The van der Waals surface area contributed by atoms with Crippen LogP contribution in [0.25, 0.3) is 0 Å². The van der Waals surface area contributed by atoms with E-state index in [9.17, 15) is 69.2 Å². The molecule has 118 heavy (non-hydrogen) atoms. The number of aromatic nitrogens is 3. The zero-order chi connectivity index (χ0) is 90.3. The number of hydrogen-bond donors (Lipinski definition) is 16. The molecule has 0 radical (unpaired) electrons. The second kappa shape index (κ2) is 51.5. The third-order valence-corrected chi connectivity index (χ3v) is 17.5. The molecule has 6 amide bonds. The Morgan fingerprint density at radius 2 is 0.703 bits per heavy atom. The van der Waals surface area contributed by atoms with Crippen LogP contribution in [0.1, 0.15) is 151 Å². The Morgan fingerprint density at radius 3 is 1.03 bits per heavy atom. The molecule has 0 saturated heterocycles. The van der Waals surface area contributed by atoms with Crippen LogP contribution in [-0.2, 0) is 24.0 Å². The molecule has 5 aromatic carbocycles. The van der Waals surface area contributed by atoms with E-state index in [1.54, 1.807) is 25.1 Å². The van der Waals surface area contributed by atoms with Gasteiger partial charge in [0.2, 0.25) is 29.5 Å². The fourth-order valence-corrected chi connectivity index (χ4v) is 11.6. The lowest BCUT2D eigenvalue weighted by Crippen LogP contribution is -2.37. The number of carbonyl (C=O) groups excluding carboxylic acids is 6. The van der Waals surface area contributed by atoms with E-state index < -0.39 is 124 Å². The zero-order valence-electron chi connectivity index (χ0n) is 66.5. The molecule has 3 aromatic heterocycles. The summed E-state index contributed by atoms with van der Waals surface area (Å²) in [5.74, 6) is -12.9. The van der Waals surface area contributed by atoms with Crippen LogP contribution >= 0.6 is 34.6 Å². The minimum absolute atomic E-state index is 0.00131. The molecule has 29 nitrogen and oxygen atoms in total. The number of amides is 6. The largest absolute Gasteiger partial charge is 0.389 e. The van der Waals surface area contributed by atoms with Crippen molar-refractivity contribution in [2.75, 3.05) is 37.6 Å². The second-order valence-electron chi connectivity index (χ2n) is 27.6. The lowest BCUT2D eigenvalue weighted by atomic mass is 10.0. The highest BCUT2D eigenvalue weighted by Gasteiger charge is 2.27. The smallest absolute Gasteiger partial charge is 0.250 e. The van der Waals surface area contributed by atoms with Gasteiger partial charge in [0, 0.05) is 0 Å². The molecule has 0 aliphatic carbocycles. The van der Waals surface area contributed by atoms with Gasteiger partial charge in [-0.2, -0.15) is 34.2 Å². The van der Waals surface area contributed by atoms with Crippen molar-refractivity contribution in [1.29, 1.82) is 21.0 Å². The molecule has 41 heteroatoms. The van der Waals surface area contributed by atoms with Crippen molar-refractivity contribution in [1.82, 2.24) is 13.1 Å². The van der Waals surface area contributed by atoms with Crippen molar-refractivity contribution in [2.45, 2.75) is 152 Å². The number of rotatable bonds is 28. The highest BCUT2D eigenvalue weighted by molar-refractivity contribution is 7.10. The fraction of sp³-hybridized carbons (Fsp3) is 0.364. The summed E-state index contributed by atoms with van der Waals surface area (Å²) in [6, 6.07) is 20.1. The fourth-order valence-electron chi connectivity index (χ4n) is 9.77. The van der Waals surface area contributed by atoms with E-state index in [4.69, 9.17) is 72.2 Å². The third-order valence-electron chi connectivity index (χ3n) is 15.2. The number of aryl methyl sites for hydroxylation is 3. The van der Waals surface area contributed by atoms with Gasteiger partial charge in [-0.1, -0.05) is 69.2 Å². The summed E-state index contributed by atoms with van der Waals surface area (Å²) < 4.78 is 133. The number of hydrogen-bond acceptors (Lipinski definition) is 26. The molecule has 0 aliphatic heterocycles. The maximum Gasteiger partial charge on any atom is 0.250 e. The van der Waals surface area contributed by atoms with Gasteiger partial charge in [-0.25, -0.2) is 39.5 Å². The standard InChI is InChI=1S/C17H22FN5O2S.C17H20FN5OS.2C13H15F2N3O.C7H2F3N.C6H14N2O.C4H6N2S.H2O2/c1-8(2)6-12(17(20)25)21-11-5-4-10(16(19)24)15(14(11)18)22-13-7-9(3)23-26-13;1-9(2)6-13(17(20)24)21-12-5-4-11(8-19)16(15(12)18)22-14-7-10(3)23-25-14;1-7(2)5-10(13(17)19)18-12-8(6-16)3-4-9(14)11(12)15;1-7(2)5-10(13(17)19)18-9-4-3-8(6-16)11(14)12(9)15;8-5-2-1-4(3-11)6(9)7(5)10;1-4(2)3-5(7)6(8)9;1-3-2-4(5)7-6-3;1-2/h4-5,7-8,12,21-22H,6H2,1-3H3,(H2,19,24)(H2,20,25);4-5,7,9,13,21-22H,6H2,1-3H3,(H2,20,24);2*3-4,7,10,18H,5H2,1-2H3,(H2,17,19);1-2H;4-5H,3,7H2,1-2H3,(H2,8,9);2H,5H2,1H3;1-2H/t12-;13-;2*10-;;5-;;/m1111.1../s1. The topological polar surface area (TPSA) is 557 Å². The maximum atomic E-state index is 15.0. The van der Waals surface area contributed by atoms with Crippen molar-refractivity contribution in [3.05, 3.63) is 176 Å². The summed E-state index contributed by atoms with van der Waals surface area (Å²) in [6.45, 7) is 24.8. The van der Waals surface area contributed by atoms with Crippen molar-refractivity contribution in [2.24, 2.45) is 69.7 Å². The molecule has 0 bridgehead atoms. The molecule has 8 aromatic rings. The first kappa shape index (κ1) is 104. The van der Waals surface area contributed by atoms with Gasteiger partial charge in [0.15, 0.2) is 52.4 Å². The van der Waals surface area contributed by atoms with E-state index in [1.807, 2.05) is 95.2 Å². The van der Waals surface area contributed by atoms with Crippen LogP contribution in [0.15, 0.2) is 78.9 Å². The SMILES string of the molecule is CC(C)C[C@@H](N)C(N)=O.CC(C)C[C@@H](Nc1c(C#N)ccc(F)c1F)C(N)=O.CC(C)C[C@@H](Nc1ccc(C#N)c(F)c1F)C(N)=O.Cc1cc(N)sn1.Cc1cc(Nc2c(C#N)ccc(N[C@H](CC(C)C)C(N)=O)c2F)sn1.Cc1cc(Nc2c(C(N)=O)ccc(N[C@H](CC(C)C)C(N)=O)c2F)sn1.N#Cc1ccc(F)c(F)c1F.OO. The van der Waals surface area contributed by atoms with Gasteiger partial charge >= 0.3 is 0 Å². The number of nitrogens with one attached hydrogen (secondary N) is 6. The monoisotopic (exact) mass is 1710 g/mol. The van der Waals surface area contributed by atoms with Crippen LogP contribution < -0.4 is 77.8 Å². The molecular formula is C77H96F9N21O8S3. The summed E-state index contributed by atoms with van der Waals surface area (Å²) in [7, 11) is 0. The van der Waals surface area contributed by atoms with Crippen LogP contribution in [0.4, 0.5) is 88.6 Å². The first-order chi connectivity index (χ1) is 55.2. The van der Waals surface area contributed by atoms with Gasteiger partial charge in [0.1, 0.15) is 63.4 Å². The summed E-state index contributed by atoms with van der Waals surface area (Å²) in [5.41, 5.74) is 43.6. The molecule has 8 rings (SSSR count). The molecule has 0 saturated carbocycles. The van der Waals surface area contributed by atoms with Gasteiger partial charge < -0.3 is 77.8 Å². The van der Waals surface area contributed by atoms with Gasteiger partial charge in [-0.15, -0.1) is 0 Å². The Balaban J connectivity index is 0.000000711.